The van der Waals surface area contributed by atoms with E-state index in [9.17, 15) is 19.8 Å². The van der Waals surface area contributed by atoms with Gasteiger partial charge in [0.05, 0.1) is 16.3 Å². The molecule has 0 atom stereocenters. The number of rotatable bonds is 5. The Morgan fingerprint density at radius 1 is 1.31 bits per heavy atom. The highest BCUT2D eigenvalue weighted by atomic mass is 32.1. The van der Waals surface area contributed by atoms with E-state index in [0.717, 1.165) is 11.3 Å². The molecule has 0 saturated carbocycles. The van der Waals surface area contributed by atoms with Gasteiger partial charge in [0.2, 0.25) is 0 Å². The van der Waals surface area contributed by atoms with Gasteiger partial charge in [-0.3, -0.25) is 15.5 Å². The van der Waals surface area contributed by atoms with E-state index in [2.05, 4.69) is 15.5 Å². The minimum Gasteiger partial charge on any atom is -0.274 e. The summed E-state index contributed by atoms with van der Waals surface area (Å²) >= 11 is 1.16. The van der Waals surface area contributed by atoms with E-state index < -0.39 is 10.7 Å². The molecule has 0 fully saturated rings. The lowest BCUT2D eigenvalue weighted by Gasteiger charge is -2.01. The molecule has 26 heavy (non-hydrogen) atoms. The molecule has 1 N–H and O–H groups in total. The Hall–Kier alpha value is -3.64. The number of halogens is 1. The van der Waals surface area contributed by atoms with E-state index >= 15 is 0 Å². The molecule has 0 radical (unpaired) electrons. The van der Waals surface area contributed by atoms with Gasteiger partial charge in [0.1, 0.15) is 11.9 Å². The Balaban J connectivity index is 1.87. The number of hydrogen-bond donors (Lipinski definition) is 1. The topological polar surface area (TPSA) is 104 Å². The molecule has 3 aromatic rings. The normalized spacial score (nSPS) is 11.0. The maximum absolute atomic E-state index is 13.6. The predicted octanol–water partition coefficient (Wildman–Crippen LogP) is 4.20. The first-order chi connectivity index (χ1) is 12.6. The fourth-order valence-corrected chi connectivity index (χ4v) is 2.85. The number of nitrogens with zero attached hydrogens (tertiary/aromatic N) is 4. The van der Waals surface area contributed by atoms with Crippen molar-refractivity contribution in [1.29, 1.82) is 5.26 Å². The third-order valence-corrected chi connectivity index (χ3v) is 4.18. The van der Waals surface area contributed by atoms with Crippen LogP contribution < -0.4 is 5.43 Å². The highest BCUT2D eigenvalue weighted by Gasteiger charge is 2.13. The molecule has 0 unspecified atom stereocenters. The zero-order valence-corrected chi connectivity index (χ0v) is 13.9. The summed E-state index contributed by atoms with van der Waals surface area (Å²) in [5.41, 5.74) is 3.62. The van der Waals surface area contributed by atoms with Gasteiger partial charge in [-0.1, -0.05) is 24.3 Å². The molecule has 0 bridgehead atoms. The quantitative estimate of drug-likeness (QED) is 0.413. The van der Waals surface area contributed by atoms with Crippen molar-refractivity contribution >= 4 is 28.4 Å². The first-order valence-corrected chi connectivity index (χ1v) is 8.15. The van der Waals surface area contributed by atoms with Crippen molar-refractivity contribution in [3.63, 3.8) is 0 Å². The number of nitro groups is 1. The monoisotopic (exact) mass is 367 g/mol. The molecule has 0 aliphatic carbocycles. The maximum Gasteiger partial charge on any atom is 0.270 e. The van der Waals surface area contributed by atoms with Crippen LogP contribution in [0.15, 0.2) is 59.0 Å². The van der Waals surface area contributed by atoms with Crippen molar-refractivity contribution < 1.29 is 9.31 Å². The summed E-state index contributed by atoms with van der Waals surface area (Å²) in [6, 6.07) is 13.9. The lowest BCUT2D eigenvalue weighted by atomic mass is 10.1. The summed E-state index contributed by atoms with van der Waals surface area (Å²) in [5.74, 6) is -0.495. The van der Waals surface area contributed by atoms with E-state index in [4.69, 9.17) is 0 Å². The molecule has 2 aromatic carbocycles. The van der Waals surface area contributed by atoms with Crippen LogP contribution in [-0.2, 0) is 0 Å². The Morgan fingerprint density at radius 3 is 2.85 bits per heavy atom. The number of nitriles is 1. The number of aromatic nitrogens is 1. The zero-order chi connectivity index (χ0) is 18.5. The van der Waals surface area contributed by atoms with E-state index in [1.165, 1.54) is 24.3 Å². The van der Waals surface area contributed by atoms with Crippen molar-refractivity contribution in [2.24, 2.45) is 5.10 Å². The summed E-state index contributed by atoms with van der Waals surface area (Å²) in [7, 11) is 0. The molecular formula is C17H10FN5O2S. The van der Waals surface area contributed by atoms with Crippen molar-refractivity contribution in [1.82, 2.24) is 4.98 Å². The highest BCUT2D eigenvalue weighted by molar-refractivity contribution is 7.12. The van der Waals surface area contributed by atoms with Gasteiger partial charge in [0, 0.05) is 23.1 Å². The smallest absolute Gasteiger partial charge is 0.270 e. The van der Waals surface area contributed by atoms with Gasteiger partial charge < -0.3 is 0 Å². The Kier molecular flexibility index (Phi) is 4.96. The van der Waals surface area contributed by atoms with Crippen LogP contribution in [0.25, 0.3) is 11.3 Å². The molecule has 7 nitrogen and oxygen atoms in total. The number of anilines is 1. The van der Waals surface area contributed by atoms with Crippen LogP contribution in [0.4, 0.5) is 15.8 Å². The first kappa shape index (κ1) is 17.2. The number of non-ortho nitro benzene ring substituents is 1. The van der Waals surface area contributed by atoms with Crippen molar-refractivity contribution in [2.75, 3.05) is 5.43 Å². The van der Waals surface area contributed by atoms with Crippen LogP contribution in [0, 0.1) is 27.3 Å². The van der Waals surface area contributed by atoms with E-state index in [0.29, 0.717) is 16.3 Å². The number of para-hydroxylation sites is 1. The second-order valence-corrected chi connectivity index (χ2v) is 5.87. The second kappa shape index (κ2) is 7.50. The predicted molar refractivity (Wildman–Crippen MR) is 96.4 cm³/mol. The third-order valence-electron chi connectivity index (χ3n) is 3.33. The molecule has 128 valence electrons. The summed E-state index contributed by atoms with van der Waals surface area (Å²) in [6.45, 7) is 0. The van der Waals surface area contributed by atoms with Crippen LogP contribution in [-0.4, -0.2) is 15.6 Å². The van der Waals surface area contributed by atoms with Gasteiger partial charge in [-0.2, -0.15) is 10.4 Å². The van der Waals surface area contributed by atoms with Crippen LogP contribution >= 0.6 is 11.3 Å². The number of nitrogens with one attached hydrogen (secondary N) is 1. The SMILES string of the molecule is N#C/C(=N/Nc1ccccc1F)c1nc(-c2cccc([N+](=O)[O-])c2)cs1. The minimum atomic E-state index is -0.495. The molecular weight excluding hydrogens is 357 g/mol. The van der Waals surface area contributed by atoms with Crippen LogP contribution in [0.5, 0.6) is 0 Å². The number of hydrogen-bond acceptors (Lipinski definition) is 7. The van der Waals surface area contributed by atoms with Crippen LogP contribution in [0.3, 0.4) is 0 Å². The first-order valence-electron chi connectivity index (χ1n) is 7.27. The molecule has 0 amide bonds. The summed E-state index contributed by atoms with van der Waals surface area (Å²) in [5, 5.41) is 26.1. The number of thiazole rings is 1. The van der Waals surface area contributed by atoms with Gasteiger partial charge in [0.25, 0.3) is 5.69 Å². The van der Waals surface area contributed by atoms with Crippen LogP contribution in [0.1, 0.15) is 5.01 Å². The lowest BCUT2D eigenvalue weighted by Crippen LogP contribution is -2.02. The highest BCUT2D eigenvalue weighted by Crippen LogP contribution is 2.25. The van der Waals surface area contributed by atoms with E-state index in [1.54, 1.807) is 29.6 Å². The minimum absolute atomic E-state index is 0.0186. The van der Waals surface area contributed by atoms with Crippen molar-refractivity contribution in [3.05, 3.63) is 74.9 Å². The van der Waals surface area contributed by atoms with Gasteiger partial charge in [0.15, 0.2) is 10.7 Å². The van der Waals surface area contributed by atoms with Gasteiger partial charge >= 0.3 is 0 Å². The summed E-state index contributed by atoms with van der Waals surface area (Å²) in [6.07, 6.45) is 0. The molecule has 0 aliphatic rings. The number of benzene rings is 2. The van der Waals surface area contributed by atoms with Gasteiger partial charge in [-0.15, -0.1) is 11.3 Å². The van der Waals surface area contributed by atoms with Gasteiger partial charge in [-0.05, 0) is 12.1 Å². The Labute approximate surface area is 151 Å². The molecule has 0 saturated heterocycles. The third kappa shape index (κ3) is 3.71. The Bertz CT molecular complexity index is 1040. The molecule has 9 heteroatoms. The van der Waals surface area contributed by atoms with E-state index in [-0.39, 0.29) is 17.1 Å². The van der Waals surface area contributed by atoms with Crippen LogP contribution in [0.2, 0.25) is 0 Å². The number of nitro benzene ring substituents is 1. The molecule has 3 rings (SSSR count). The average molecular weight is 367 g/mol. The van der Waals surface area contributed by atoms with Gasteiger partial charge in [-0.25, -0.2) is 9.37 Å². The number of hydrazone groups is 1. The lowest BCUT2D eigenvalue weighted by molar-refractivity contribution is -0.384. The summed E-state index contributed by atoms with van der Waals surface area (Å²) in [4.78, 5) is 14.7. The van der Waals surface area contributed by atoms with Crippen molar-refractivity contribution in [3.8, 4) is 17.3 Å². The molecule has 0 aliphatic heterocycles. The molecule has 1 heterocycles. The van der Waals surface area contributed by atoms with Crippen molar-refractivity contribution in [2.45, 2.75) is 0 Å². The average Bonchev–Trinajstić information content (AvgIpc) is 3.14. The fourth-order valence-electron chi connectivity index (χ4n) is 2.08. The van der Waals surface area contributed by atoms with E-state index in [1.807, 2.05) is 6.07 Å². The maximum atomic E-state index is 13.6. The molecule has 1 aromatic heterocycles. The molecule has 0 spiro atoms. The largest absolute Gasteiger partial charge is 0.274 e. The standard InChI is InChI=1S/C17H10FN5O2S/c18-13-6-1-2-7-14(13)21-22-15(9-19)17-20-16(10-26-17)11-4-3-5-12(8-11)23(24)25/h1-8,10,21H/b22-15-. The fraction of sp³-hybridized carbons (Fsp3) is 0. The second-order valence-electron chi connectivity index (χ2n) is 5.01. The zero-order valence-electron chi connectivity index (χ0n) is 13.1. The Morgan fingerprint density at radius 2 is 2.12 bits per heavy atom. The summed E-state index contributed by atoms with van der Waals surface area (Å²) < 4.78 is 13.6.